The lowest BCUT2D eigenvalue weighted by atomic mass is 9.98. The van der Waals surface area contributed by atoms with E-state index in [-0.39, 0.29) is 43.5 Å². The summed E-state index contributed by atoms with van der Waals surface area (Å²) in [6.45, 7) is -0.343. The Labute approximate surface area is 137 Å². The number of hydrogen-bond donors (Lipinski definition) is 1. The van der Waals surface area contributed by atoms with E-state index in [1.165, 1.54) is 0 Å². The number of nitrogens with zero attached hydrogens (tertiary/aromatic N) is 2. The molecule has 1 aromatic rings. The number of anilines is 1. The van der Waals surface area contributed by atoms with Crippen molar-refractivity contribution in [2.75, 3.05) is 25.0 Å². The van der Waals surface area contributed by atoms with Crippen LogP contribution in [-0.2, 0) is 16.2 Å². The normalized spacial score (nSPS) is 18.8. The van der Waals surface area contributed by atoms with Crippen molar-refractivity contribution in [3.05, 3.63) is 11.1 Å². The minimum Gasteiger partial charge on any atom is -0.361 e. The number of rotatable bonds is 4. The molecule has 24 heavy (non-hydrogen) atoms. The fraction of sp³-hybridized carbons (Fsp3) is 0.727. The fourth-order valence-electron chi connectivity index (χ4n) is 2.22. The Morgan fingerprint density at radius 1 is 1.21 bits per heavy atom. The minimum absolute atomic E-state index is 0.0627. The highest BCUT2D eigenvalue weighted by atomic mass is 32.2. The molecule has 138 valence electrons. The summed E-state index contributed by atoms with van der Waals surface area (Å²) in [5, 5.41) is 2.77. The first-order chi connectivity index (χ1) is 10.9. The van der Waals surface area contributed by atoms with Crippen LogP contribution in [0.2, 0.25) is 0 Å². The highest BCUT2D eigenvalue weighted by Gasteiger charge is 2.50. The van der Waals surface area contributed by atoms with E-state index in [0.717, 1.165) is 0 Å². The maximum absolute atomic E-state index is 12.4. The molecular weight excluding hydrogens is 384 g/mol. The molecule has 1 aliphatic rings. The van der Waals surface area contributed by atoms with Gasteiger partial charge in [-0.3, -0.25) is 0 Å². The smallest absolute Gasteiger partial charge is 0.361 e. The van der Waals surface area contributed by atoms with Crippen molar-refractivity contribution >= 4 is 26.5 Å². The first-order valence-corrected chi connectivity index (χ1v) is 9.00. The molecule has 1 fully saturated rings. The predicted molar refractivity (Wildman–Crippen MR) is 74.9 cm³/mol. The predicted octanol–water partition coefficient (Wildman–Crippen LogP) is 3.14. The van der Waals surface area contributed by atoms with E-state index >= 15 is 0 Å². The van der Waals surface area contributed by atoms with Crippen LogP contribution in [0, 0.1) is 5.92 Å². The lowest BCUT2D eigenvalue weighted by Gasteiger charge is -2.31. The van der Waals surface area contributed by atoms with Crippen LogP contribution in [0.25, 0.3) is 0 Å². The Morgan fingerprint density at radius 3 is 2.25 bits per heavy atom. The molecule has 1 aliphatic heterocycles. The molecule has 2 heterocycles. The minimum atomic E-state index is -5.33. The van der Waals surface area contributed by atoms with E-state index in [1.54, 1.807) is 0 Å². The second-order valence-electron chi connectivity index (χ2n) is 5.20. The molecule has 0 radical (unpaired) electrons. The lowest BCUT2D eigenvalue weighted by Crippen LogP contribution is -2.45. The molecule has 0 spiro atoms. The summed E-state index contributed by atoms with van der Waals surface area (Å²) in [6, 6.07) is 0. The topological polar surface area (TPSA) is 62.3 Å². The van der Waals surface area contributed by atoms with Crippen molar-refractivity contribution in [2.45, 2.75) is 24.5 Å². The Hall–Kier alpha value is -1.08. The molecule has 2 rings (SSSR count). The van der Waals surface area contributed by atoms with Gasteiger partial charge in [-0.05, 0) is 18.8 Å². The summed E-state index contributed by atoms with van der Waals surface area (Å²) in [6.07, 6.45) is -3.42. The Bertz CT molecular complexity index is 662. The molecule has 5 nitrogen and oxygen atoms in total. The number of aromatic nitrogens is 1. The van der Waals surface area contributed by atoms with E-state index in [1.807, 2.05) is 0 Å². The summed E-state index contributed by atoms with van der Waals surface area (Å²) < 4.78 is 97.5. The lowest BCUT2D eigenvalue weighted by molar-refractivity contribution is -0.134. The number of sulfonamides is 1. The van der Waals surface area contributed by atoms with Crippen LogP contribution in [0.3, 0.4) is 0 Å². The molecule has 0 unspecified atom stereocenters. The van der Waals surface area contributed by atoms with Gasteiger partial charge in [-0.25, -0.2) is 13.4 Å². The van der Waals surface area contributed by atoms with Crippen molar-refractivity contribution in [1.82, 2.24) is 9.29 Å². The van der Waals surface area contributed by atoms with Gasteiger partial charge in [-0.15, -0.1) is 0 Å². The second kappa shape index (κ2) is 6.67. The monoisotopic (exact) mass is 397 g/mol. The summed E-state index contributed by atoms with van der Waals surface area (Å²) in [5.41, 5.74) is -5.33. The first kappa shape index (κ1) is 19.2. The number of thiazole rings is 1. The van der Waals surface area contributed by atoms with Gasteiger partial charge in [0.05, 0.1) is 6.20 Å². The summed E-state index contributed by atoms with van der Waals surface area (Å²) in [4.78, 5) is 2.74. The summed E-state index contributed by atoms with van der Waals surface area (Å²) >= 11 is 0.434. The maximum Gasteiger partial charge on any atom is 0.511 e. The van der Waals surface area contributed by atoms with Gasteiger partial charge < -0.3 is 5.32 Å². The van der Waals surface area contributed by atoms with Crippen LogP contribution in [0.1, 0.15) is 17.7 Å². The highest BCUT2D eigenvalue weighted by molar-refractivity contribution is 7.90. The van der Waals surface area contributed by atoms with Crippen LogP contribution < -0.4 is 5.32 Å². The van der Waals surface area contributed by atoms with Gasteiger partial charge in [0.1, 0.15) is 4.88 Å². The number of piperidine rings is 1. The molecule has 0 aliphatic carbocycles. The fourth-order valence-corrected chi connectivity index (χ4v) is 3.89. The standard InChI is InChI=1S/C11H13F6N3O2S2/c12-10(13,14)8-6-19-9(23-8)18-5-7-1-3-20(4-2-7)24(21,22)11(15,16)17/h6-7H,1-5H2,(H,18,19). The first-order valence-electron chi connectivity index (χ1n) is 6.74. The Morgan fingerprint density at radius 2 is 1.79 bits per heavy atom. The van der Waals surface area contributed by atoms with Crippen LogP contribution in [0.15, 0.2) is 6.20 Å². The zero-order valence-electron chi connectivity index (χ0n) is 12.0. The van der Waals surface area contributed by atoms with E-state index < -0.39 is 26.6 Å². The molecular formula is C11H13F6N3O2S2. The third kappa shape index (κ3) is 4.30. The van der Waals surface area contributed by atoms with Gasteiger partial charge >= 0.3 is 21.7 Å². The van der Waals surface area contributed by atoms with Crippen molar-refractivity contribution in [3.8, 4) is 0 Å². The average molecular weight is 397 g/mol. The number of nitrogens with one attached hydrogen (secondary N) is 1. The van der Waals surface area contributed by atoms with Gasteiger partial charge in [-0.1, -0.05) is 11.3 Å². The van der Waals surface area contributed by atoms with E-state index in [9.17, 15) is 34.8 Å². The van der Waals surface area contributed by atoms with E-state index in [2.05, 4.69) is 10.3 Å². The Kier molecular flexibility index (Phi) is 5.35. The zero-order valence-corrected chi connectivity index (χ0v) is 13.6. The van der Waals surface area contributed by atoms with Crippen molar-refractivity contribution in [3.63, 3.8) is 0 Å². The van der Waals surface area contributed by atoms with Crippen LogP contribution in [-0.4, -0.2) is 42.8 Å². The number of alkyl halides is 6. The van der Waals surface area contributed by atoms with Crippen molar-refractivity contribution in [2.24, 2.45) is 5.92 Å². The summed E-state index contributed by atoms with van der Waals surface area (Å²) in [5.74, 6) is -0.150. The number of halogens is 6. The average Bonchev–Trinajstić information content (AvgIpc) is 2.93. The molecule has 0 amide bonds. The van der Waals surface area contributed by atoms with Gasteiger partial charge in [0.15, 0.2) is 5.13 Å². The maximum atomic E-state index is 12.4. The molecule has 1 saturated heterocycles. The molecule has 0 atom stereocenters. The van der Waals surface area contributed by atoms with Crippen LogP contribution in [0.5, 0.6) is 0 Å². The van der Waals surface area contributed by atoms with E-state index in [4.69, 9.17) is 0 Å². The second-order valence-corrected chi connectivity index (χ2v) is 8.16. The Balaban J connectivity index is 1.85. The van der Waals surface area contributed by atoms with Crippen molar-refractivity contribution in [1.29, 1.82) is 0 Å². The molecule has 0 saturated carbocycles. The summed E-state index contributed by atoms with van der Waals surface area (Å²) in [7, 11) is -5.33. The van der Waals surface area contributed by atoms with Gasteiger partial charge in [0.25, 0.3) is 0 Å². The van der Waals surface area contributed by atoms with Gasteiger partial charge in [0.2, 0.25) is 0 Å². The van der Waals surface area contributed by atoms with Gasteiger partial charge in [-0.2, -0.15) is 30.6 Å². The van der Waals surface area contributed by atoms with E-state index in [0.29, 0.717) is 21.8 Å². The molecule has 1 N–H and O–H groups in total. The third-order valence-electron chi connectivity index (χ3n) is 3.53. The SMILES string of the molecule is O=S(=O)(N1CCC(CNc2ncc(C(F)(F)F)s2)CC1)C(F)(F)F. The molecule has 1 aromatic heterocycles. The third-order valence-corrected chi connectivity index (χ3v) is 6.16. The largest absolute Gasteiger partial charge is 0.511 e. The highest BCUT2D eigenvalue weighted by Crippen LogP contribution is 2.35. The van der Waals surface area contributed by atoms with Crippen molar-refractivity contribution < 1.29 is 34.8 Å². The molecule has 0 bridgehead atoms. The van der Waals surface area contributed by atoms with Crippen LogP contribution in [0.4, 0.5) is 31.5 Å². The number of hydrogen-bond acceptors (Lipinski definition) is 5. The van der Waals surface area contributed by atoms with Gasteiger partial charge in [0, 0.05) is 19.6 Å². The van der Waals surface area contributed by atoms with Crippen LogP contribution >= 0.6 is 11.3 Å². The quantitative estimate of drug-likeness (QED) is 0.793. The molecule has 13 heteroatoms. The zero-order chi connectivity index (χ0) is 18.2. The molecule has 0 aromatic carbocycles.